The fourth-order valence-corrected chi connectivity index (χ4v) is 2.19. The second-order valence-electron chi connectivity index (χ2n) is 5.13. The third kappa shape index (κ3) is 4.13. The third-order valence-electron chi connectivity index (χ3n) is 3.25. The van der Waals surface area contributed by atoms with Gasteiger partial charge in [-0.1, -0.05) is 62.4 Å². The summed E-state index contributed by atoms with van der Waals surface area (Å²) in [4.78, 5) is 0. The summed E-state index contributed by atoms with van der Waals surface area (Å²) in [5.41, 5.74) is 2.67. The highest BCUT2D eigenvalue weighted by atomic mass is 16.5. The molecule has 1 heteroatoms. The normalized spacial score (nSPS) is 10.7. The number of aryl methyl sites for hydroxylation is 1. The number of benzene rings is 2. The van der Waals surface area contributed by atoms with Crippen LogP contribution in [0.25, 0.3) is 0 Å². The van der Waals surface area contributed by atoms with Crippen molar-refractivity contribution in [3.8, 4) is 5.75 Å². The molecule has 0 aliphatic heterocycles. The number of para-hydroxylation sites is 1. The maximum Gasteiger partial charge on any atom is 0.122 e. The standard InChI is InChI=1S/C18H22O/c1-15(2)17-12-6-7-13-18(17)19-14-8-11-16-9-4-3-5-10-16/h3-7,9-10,12-13,15H,8,11,14H2,1-2H3. The minimum absolute atomic E-state index is 0.505. The summed E-state index contributed by atoms with van der Waals surface area (Å²) < 4.78 is 5.92. The van der Waals surface area contributed by atoms with Crippen LogP contribution in [0.5, 0.6) is 5.75 Å². The fourth-order valence-electron chi connectivity index (χ4n) is 2.19. The Balaban J connectivity index is 1.83. The Hall–Kier alpha value is -1.76. The number of ether oxygens (including phenoxy) is 1. The molecule has 0 aromatic heterocycles. The summed E-state index contributed by atoms with van der Waals surface area (Å²) in [5.74, 6) is 1.54. The van der Waals surface area contributed by atoms with Crippen LogP contribution < -0.4 is 4.74 Å². The molecule has 0 radical (unpaired) electrons. The van der Waals surface area contributed by atoms with Crippen LogP contribution in [-0.4, -0.2) is 6.61 Å². The molecular weight excluding hydrogens is 232 g/mol. The van der Waals surface area contributed by atoms with Gasteiger partial charge in [0.25, 0.3) is 0 Å². The van der Waals surface area contributed by atoms with Crippen molar-refractivity contribution in [3.05, 3.63) is 65.7 Å². The smallest absolute Gasteiger partial charge is 0.122 e. The summed E-state index contributed by atoms with van der Waals surface area (Å²) in [6.07, 6.45) is 2.13. The Kier molecular flexibility index (Phi) is 5.02. The first-order chi connectivity index (χ1) is 9.27. The maximum absolute atomic E-state index is 5.92. The van der Waals surface area contributed by atoms with Crippen molar-refractivity contribution in [2.24, 2.45) is 0 Å². The van der Waals surface area contributed by atoms with Gasteiger partial charge in [-0.2, -0.15) is 0 Å². The summed E-state index contributed by atoms with van der Waals surface area (Å²) in [6, 6.07) is 18.9. The van der Waals surface area contributed by atoms with Crippen molar-refractivity contribution in [2.45, 2.75) is 32.6 Å². The monoisotopic (exact) mass is 254 g/mol. The molecule has 2 aromatic carbocycles. The van der Waals surface area contributed by atoms with E-state index >= 15 is 0 Å². The Morgan fingerprint density at radius 2 is 1.58 bits per heavy atom. The van der Waals surface area contributed by atoms with Gasteiger partial charge in [0.2, 0.25) is 0 Å². The van der Waals surface area contributed by atoms with Gasteiger partial charge < -0.3 is 4.74 Å². The molecule has 0 atom stereocenters. The molecule has 0 saturated heterocycles. The molecule has 1 nitrogen and oxygen atoms in total. The van der Waals surface area contributed by atoms with Crippen molar-refractivity contribution < 1.29 is 4.74 Å². The predicted molar refractivity (Wildman–Crippen MR) is 80.8 cm³/mol. The lowest BCUT2D eigenvalue weighted by atomic mass is 10.0. The Bertz CT molecular complexity index is 488. The molecule has 0 spiro atoms. The number of hydrogen-bond donors (Lipinski definition) is 0. The van der Waals surface area contributed by atoms with E-state index in [1.807, 2.05) is 6.07 Å². The van der Waals surface area contributed by atoms with E-state index in [9.17, 15) is 0 Å². The van der Waals surface area contributed by atoms with Crippen LogP contribution in [0.15, 0.2) is 54.6 Å². The molecule has 100 valence electrons. The van der Waals surface area contributed by atoms with Crippen LogP contribution in [0.3, 0.4) is 0 Å². The molecule has 2 aromatic rings. The van der Waals surface area contributed by atoms with Crippen LogP contribution in [0.4, 0.5) is 0 Å². The SMILES string of the molecule is CC(C)c1ccccc1OCCCc1ccccc1. The number of rotatable bonds is 6. The van der Waals surface area contributed by atoms with E-state index in [0.717, 1.165) is 25.2 Å². The Labute approximate surface area is 116 Å². The predicted octanol–water partition coefficient (Wildman–Crippen LogP) is 4.82. The van der Waals surface area contributed by atoms with Crippen LogP contribution in [-0.2, 0) is 6.42 Å². The minimum atomic E-state index is 0.505. The molecule has 0 bridgehead atoms. The van der Waals surface area contributed by atoms with Crippen molar-refractivity contribution >= 4 is 0 Å². The molecule has 2 rings (SSSR count). The van der Waals surface area contributed by atoms with Gasteiger partial charge in [0.15, 0.2) is 0 Å². The van der Waals surface area contributed by atoms with E-state index in [0.29, 0.717) is 5.92 Å². The molecule has 0 amide bonds. The van der Waals surface area contributed by atoms with Crippen LogP contribution >= 0.6 is 0 Å². The van der Waals surface area contributed by atoms with E-state index in [1.54, 1.807) is 0 Å². The van der Waals surface area contributed by atoms with Gasteiger partial charge in [0.05, 0.1) is 6.61 Å². The van der Waals surface area contributed by atoms with Crippen LogP contribution in [0.2, 0.25) is 0 Å². The van der Waals surface area contributed by atoms with E-state index in [2.05, 4.69) is 62.4 Å². The van der Waals surface area contributed by atoms with E-state index in [4.69, 9.17) is 4.74 Å². The summed E-state index contributed by atoms with van der Waals surface area (Å²) in [5, 5.41) is 0. The summed E-state index contributed by atoms with van der Waals surface area (Å²) in [6.45, 7) is 5.18. The largest absolute Gasteiger partial charge is 0.493 e. The molecule has 0 fully saturated rings. The van der Waals surface area contributed by atoms with Gasteiger partial charge in [0, 0.05) is 0 Å². The van der Waals surface area contributed by atoms with E-state index < -0.39 is 0 Å². The van der Waals surface area contributed by atoms with Crippen LogP contribution in [0.1, 0.15) is 37.3 Å². The first-order valence-electron chi connectivity index (χ1n) is 7.03. The second kappa shape index (κ2) is 6.98. The summed E-state index contributed by atoms with van der Waals surface area (Å²) >= 11 is 0. The molecule has 19 heavy (non-hydrogen) atoms. The van der Waals surface area contributed by atoms with Crippen molar-refractivity contribution in [3.63, 3.8) is 0 Å². The topological polar surface area (TPSA) is 9.23 Å². The zero-order valence-electron chi connectivity index (χ0n) is 11.8. The third-order valence-corrected chi connectivity index (χ3v) is 3.25. The van der Waals surface area contributed by atoms with Crippen molar-refractivity contribution in [1.29, 1.82) is 0 Å². The zero-order chi connectivity index (χ0) is 13.5. The molecule has 0 aliphatic rings. The van der Waals surface area contributed by atoms with Gasteiger partial charge in [-0.05, 0) is 36.0 Å². The quantitative estimate of drug-likeness (QED) is 0.671. The van der Waals surface area contributed by atoms with Gasteiger partial charge in [-0.25, -0.2) is 0 Å². The van der Waals surface area contributed by atoms with Gasteiger partial charge in [0.1, 0.15) is 5.75 Å². The fraction of sp³-hybridized carbons (Fsp3) is 0.333. The zero-order valence-corrected chi connectivity index (χ0v) is 11.8. The lowest BCUT2D eigenvalue weighted by molar-refractivity contribution is 0.307. The first kappa shape index (κ1) is 13.7. The van der Waals surface area contributed by atoms with Crippen molar-refractivity contribution in [2.75, 3.05) is 6.61 Å². The highest BCUT2D eigenvalue weighted by Gasteiger charge is 2.06. The molecular formula is C18H22O. The lowest BCUT2D eigenvalue weighted by Crippen LogP contribution is -2.02. The van der Waals surface area contributed by atoms with Crippen LogP contribution in [0, 0.1) is 0 Å². The lowest BCUT2D eigenvalue weighted by Gasteiger charge is -2.13. The van der Waals surface area contributed by atoms with E-state index in [-0.39, 0.29) is 0 Å². The highest BCUT2D eigenvalue weighted by Crippen LogP contribution is 2.25. The van der Waals surface area contributed by atoms with Crippen molar-refractivity contribution in [1.82, 2.24) is 0 Å². The van der Waals surface area contributed by atoms with Gasteiger partial charge in [-0.15, -0.1) is 0 Å². The Morgan fingerprint density at radius 3 is 2.32 bits per heavy atom. The van der Waals surface area contributed by atoms with Gasteiger partial charge in [-0.3, -0.25) is 0 Å². The molecule has 0 unspecified atom stereocenters. The Morgan fingerprint density at radius 1 is 0.895 bits per heavy atom. The molecule has 0 saturated carbocycles. The summed E-state index contributed by atoms with van der Waals surface area (Å²) in [7, 11) is 0. The molecule has 0 heterocycles. The number of hydrogen-bond acceptors (Lipinski definition) is 1. The average Bonchev–Trinajstić information content (AvgIpc) is 2.45. The van der Waals surface area contributed by atoms with E-state index in [1.165, 1.54) is 11.1 Å². The average molecular weight is 254 g/mol. The van der Waals surface area contributed by atoms with Gasteiger partial charge >= 0.3 is 0 Å². The maximum atomic E-state index is 5.92. The highest BCUT2D eigenvalue weighted by molar-refractivity contribution is 5.35. The molecule has 0 N–H and O–H groups in total. The first-order valence-corrected chi connectivity index (χ1v) is 7.03. The second-order valence-corrected chi connectivity index (χ2v) is 5.13. The minimum Gasteiger partial charge on any atom is -0.493 e. The molecule has 0 aliphatic carbocycles.